The zero-order chi connectivity index (χ0) is 17.7. The van der Waals surface area contributed by atoms with Gasteiger partial charge in [0.25, 0.3) is 11.6 Å². The Balaban J connectivity index is 2.10. The highest BCUT2D eigenvalue weighted by Crippen LogP contribution is 2.19. The molecule has 0 aliphatic carbocycles. The summed E-state index contributed by atoms with van der Waals surface area (Å²) in [6, 6.07) is 1.04. The number of hydrogen-bond acceptors (Lipinski definition) is 6. The second-order valence-corrected chi connectivity index (χ2v) is 5.54. The zero-order valence-electron chi connectivity index (χ0n) is 13.7. The number of rotatable bonds is 4. The number of hydrogen-bond donors (Lipinski definition) is 1. The monoisotopic (exact) mass is 336 g/mol. The van der Waals surface area contributed by atoms with Crippen LogP contribution >= 0.6 is 0 Å². The molecule has 1 aromatic heterocycles. The molecule has 9 heteroatoms. The van der Waals surface area contributed by atoms with Gasteiger partial charge in [0.05, 0.1) is 22.8 Å². The van der Waals surface area contributed by atoms with E-state index < -0.39 is 11.0 Å². The summed E-state index contributed by atoms with van der Waals surface area (Å²) in [5, 5.41) is 13.6. The fourth-order valence-electron chi connectivity index (χ4n) is 2.63. The van der Waals surface area contributed by atoms with E-state index in [1.807, 2.05) is 0 Å². The number of carbonyl (C=O) groups is 2. The quantitative estimate of drug-likeness (QED) is 0.660. The first-order chi connectivity index (χ1) is 11.4. The molecule has 0 saturated carbocycles. The normalized spacial score (nSPS) is 17.2. The molecule has 130 valence electrons. The first-order valence-electron chi connectivity index (χ1n) is 7.76. The lowest BCUT2D eigenvalue weighted by atomic mass is 10.0. The van der Waals surface area contributed by atoms with Gasteiger partial charge in [0, 0.05) is 25.2 Å². The summed E-state index contributed by atoms with van der Waals surface area (Å²) in [7, 11) is 0. The van der Waals surface area contributed by atoms with Crippen LogP contribution in [0, 0.1) is 17.0 Å². The smallest absolute Gasteiger partial charge is 0.407 e. The summed E-state index contributed by atoms with van der Waals surface area (Å²) in [6.45, 7) is 4.49. The van der Waals surface area contributed by atoms with Crippen molar-refractivity contribution in [2.24, 2.45) is 0 Å². The van der Waals surface area contributed by atoms with Gasteiger partial charge in [-0.2, -0.15) is 0 Å². The molecular weight excluding hydrogens is 316 g/mol. The van der Waals surface area contributed by atoms with Crippen molar-refractivity contribution in [2.45, 2.75) is 32.7 Å². The molecule has 0 aromatic carbocycles. The van der Waals surface area contributed by atoms with Crippen LogP contribution < -0.4 is 5.32 Å². The van der Waals surface area contributed by atoms with Crippen LogP contribution in [0.4, 0.5) is 10.5 Å². The van der Waals surface area contributed by atoms with E-state index in [1.165, 1.54) is 6.07 Å². The molecule has 1 N–H and O–H groups in total. The van der Waals surface area contributed by atoms with Crippen molar-refractivity contribution in [3.63, 3.8) is 0 Å². The minimum Gasteiger partial charge on any atom is -0.450 e. The topological polar surface area (TPSA) is 115 Å². The minimum absolute atomic E-state index is 0.200. The molecule has 9 nitrogen and oxygen atoms in total. The zero-order valence-corrected chi connectivity index (χ0v) is 13.7. The van der Waals surface area contributed by atoms with Gasteiger partial charge in [-0.15, -0.1) is 0 Å². The van der Waals surface area contributed by atoms with Gasteiger partial charge in [0.2, 0.25) is 0 Å². The predicted molar refractivity (Wildman–Crippen MR) is 84.7 cm³/mol. The summed E-state index contributed by atoms with van der Waals surface area (Å²) in [6.07, 6.45) is 2.09. The van der Waals surface area contributed by atoms with Crippen molar-refractivity contribution in [3.8, 4) is 0 Å². The van der Waals surface area contributed by atoms with Gasteiger partial charge in [-0.05, 0) is 26.7 Å². The number of alkyl carbamates (subject to hydrolysis) is 1. The first-order valence-corrected chi connectivity index (χ1v) is 7.76. The molecule has 1 aromatic rings. The third-order valence-electron chi connectivity index (χ3n) is 3.82. The molecule has 1 unspecified atom stereocenters. The number of amides is 2. The van der Waals surface area contributed by atoms with Crippen molar-refractivity contribution >= 4 is 17.7 Å². The maximum atomic E-state index is 12.7. The van der Waals surface area contributed by atoms with Gasteiger partial charge in [-0.25, -0.2) is 4.79 Å². The van der Waals surface area contributed by atoms with Crippen molar-refractivity contribution in [3.05, 3.63) is 33.6 Å². The van der Waals surface area contributed by atoms with E-state index in [9.17, 15) is 19.7 Å². The van der Waals surface area contributed by atoms with E-state index in [2.05, 4.69) is 10.3 Å². The van der Waals surface area contributed by atoms with Crippen LogP contribution in [0.3, 0.4) is 0 Å². The van der Waals surface area contributed by atoms with Crippen molar-refractivity contribution < 1.29 is 19.2 Å². The Kier molecular flexibility index (Phi) is 5.67. The summed E-state index contributed by atoms with van der Waals surface area (Å²) in [4.78, 5) is 40.0. The molecule has 0 bridgehead atoms. The largest absolute Gasteiger partial charge is 0.450 e. The van der Waals surface area contributed by atoms with Crippen molar-refractivity contribution in [1.82, 2.24) is 15.2 Å². The average Bonchev–Trinajstić information content (AvgIpc) is 2.55. The Labute approximate surface area is 139 Å². The Morgan fingerprint density at radius 3 is 2.96 bits per heavy atom. The molecule has 0 radical (unpaired) electrons. The van der Waals surface area contributed by atoms with Gasteiger partial charge in [0.15, 0.2) is 0 Å². The maximum Gasteiger partial charge on any atom is 0.407 e. The van der Waals surface area contributed by atoms with Crippen LogP contribution in [-0.2, 0) is 4.74 Å². The molecule has 2 heterocycles. The van der Waals surface area contributed by atoms with Crippen LogP contribution in [0.15, 0.2) is 12.3 Å². The number of carbonyl (C=O) groups excluding carboxylic acids is 2. The number of likely N-dealkylation sites (tertiary alicyclic amines) is 1. The number of nitrogens with zero attached hydrogens (tertiary/aromatic N) is 3. The SMILES string of the molecule is CCOC(=O)NC1CCCN(C(=O)c2cc([N+](=O)[O-])cnc2C)C1. The highest BCUT2D eigenvalue weighted by molar-refractivity contribution is 5.95. The molecule has 1 saturated heterocycles. The van der Waals surface area contributed by atoms with Crippen LogP contribution in [0.2, 0.25) is 0 Å². The highest BCUT2D eigenvalue weighted by atomic mass is 16.6. The summed E-state index contributed by atoms with van der Waals surface area (Å²) >= 11 is 0. The van der Waals surface area contributed by atoms with Crippen molar-refractivity contribution in [2.75, 3.05) is 19.7 Å². The van der Waals surface area contributed by atoms with Gasteiger partial charge in [0.1, 0.15) is 6.20 Å². The number of ether oxygens (including phenoxy) is 1. The van der Waals surface area contributed by atoms with Crippen LogP contribution in [0.25, 0.3) is 0 Å². The molecule has 1 atom stereocenters. The summed E-state index contributed by atoms with van der Waals surface area (Å²) in [5.74, 6) is -0.320. The third-order valence-corrected chi connectivity index (χ3v) is 3.82. The molecule has 1 fully saturated rings. The number of nitrogens with one attached hydrogen (secondary N) is 1. The Morgan fingerprint density at radius 2 is 2.29 bits per heavy atom. The number of nitro groups is 1. The number of piperidine rings is 1. The number of aromatic nitrogens is 1. The maximum absolute atomic E-state index is 12.7. The van der Waals surface area contributed by atoms with Crippen LogP contribution in [0.1, 0.15) is 35.8 Å². The van der Waals surface area contributed by atoms with Gasteiger partial charge in [-0.1, -0.05) is 0 Å². The second kappa shape index (κ2) is 7.71. The Morgan fingerprint density at radius 1 is 1.54 bits per heavy atom. The second-order valence-electron chi connectivity index (χ2n) is 5.54. The van der Waals surface area contributed by atoms with E-state index >= 15 is 0 Å². The standard InChI is InChI=1S/C15H20N4O5/c1-3-24-15(21)17-11-5-4-6-18(9-11)14(20)13-7-12(19(22)23)8-16-10(13)2/h7-8,11H,3-6,9H2,1-2H3,(H,17,21). The summed E-state index contributed by atoms with van der Waals surface area (Å²) < 4.78 is 4.85. The lowest BCUT2D eigenvalue weighted by Crippen LogP contribution is -2.49. The van der Waals surface area contributed by atoms with E-state index in [1.54, 1.807) is 18.7 Å². The molecule has 2 amide bonds. The number of pyridine rings is 1. The van der Waals surface area contributed by atoms with E-state index in [-0.39, 0.29) is 29.8 Å². The lowest BCUT2D eigenvalue weighted by Gasteiger charge is -2.33. The molecule has 2 rings (SSSR count). The first kappa shape index (κ1) is 17.6. The average molecular weight is 336 g/mol. The van der Waals surface area contributed by atoms with Crippen LogP contribution in [0.5, 0.6) is 0 Å². The molecule has 0 spiro atoms. The Bertz CT molecular complexity index is 649. The molecule has 1 aliphatic rings. The lowest BCUT2D eigenvalue weighted by molar-refractivity contribution is -0.385. The summed E-state index contributed by atoms with van der Waals surface area (Å²) in [5.41, 5.74) is 0.425. The minimum atomic E-state index is -0.579. The third kappa shape index (κ3) is 4.18. The molecule has 24 heavy (non-hydrogen) atoms. The fourth-order valence-corrected chi connectivity index (χ4v) is 2.63. The molecular formula is C15H20N4O5. The number of aryl methyl sites for hydroxylation is 1. The van der Waals surface area contributed by atoms with E-state index in [0.29, 0.717) is 18.8 Å². The van der Waals surface area contributed by atoms with Gasteiger partial charge >= 0.3 is 6.09 Å². The van der Waals surface area contributed by atoms with Gasteiger partial charge < -0.3 is 15.0 Å². The molecule has 1 aliphatic heterocycles. The highest BCUT2D eigenvalue weighted by Gasteiger charge is 2.27. The van der Waals surface area contributed by atoms with E-state index in [4.69, 9.17) is 4.74 Å². The Hall–Kier alpha value is -2.71. The fraction of sp³-hybridized carbons (Fsp3) is 0.533. The van der Waals surface area contributed by atoms with E-state index in [0.717, 1.165) is 19.0 Å². The van der Waals surface area contributed by atoms with Crippen molar-refractivity contribution in [1.29, 1.82) is 0 Å². The van der Waals surface area contributed by atoms with Gasteiger partial charge in [-0.3, -0.25) is 19.9 Å². The van der Waals surface area contributed by atoms with Crippen LogP contribution in [-0.4, -0.2) is 52.5 Å². The predicted octanol–water partition coefficient (Wildman–Crippen LogP) is 1.65.